The smallest absolute Gasteiger partial charge is 0.340 e. The van der Waals surface area contributed by atoms with Crippen molar-refractivity contribution in [1.82, 2.24) is 0 Å². The summed E-state index contributed by atoms with van der Waals surface area (Å²) in [5, 5.41) is 2.73. The number of anilines is 1. The average Bonchev–Trinajstić information content (AvgIpc) is 3.06. The molecule has 34 heavy (non-hydrogen) atoms. The van der Waals surface area contributed by atoms with E-state index in [1.54, 1.807) is 39.0 Å². The molecule has 0 fully saturated rings. The fourth-order valence-electron chi connectivity index (χ4n) is 3.09. The van der Waals surface area contributed by atoms with E-state index >= 15 is 0 Å². The van der Waals surface area contributed by atoms with Crippen molar-refractivity contribution >= 4 is 23.3 Å². The highest BCUT2D eigenvalue weighted by Gasteiger charge is 2.26. The maximum Gasteiger partial charge on any atom is 0.340 e. The number of hydrogen-bond donors (Lipinski definition) is 1. The number of carbonyl (C=O) groups is 3. The summed E-state index contributed by atoms with van der Waals surface area (Å²) in [6.07, 6.45) is 0.745. The second-order valence-corrected chi connectivity index (χ2v) is 8.67. The number of nitrogens with one attached hydrogen (secondary N) is 1. The van der Waals surface area contributed by atoms with Crippen molar-refractivity contribution < 1.29 is 38.1 Å². The van der Waals surface area contributed by atoms with Crippen LogP contribution in [0.1, 0.15) is 47.9 Å². The molecule has 0 aliphatic carbocycles. The minimum atomic E-state index is -0.798. The third-order valence-corrected chi connectivity index (χ3v) is 5.08. The van der Waals surface area contributed by atoms with Crippen molar-refractivity contribution in [3.05, 3.63) is 41.5 Å². The first-order valence-corrected chi connectivity index (χ1v) is 10.8. The number of ether oxygens (including phenoxy) is 5. The van der Waals surface area contributed by atoms with Crippen LogP contribution in [0.5, 0.6) is 23.0 Å². The normalized spacial score (nSPS) is 12.9. The number of benzene rings is 2. The van der Waals surface area contributed by atoms with E-state index in [4.69, 9.17) is 23.7 Å². The number of hydrogen-bond acceptors (Lipinski definition) is 8. The van der Waals surface area contributed by atoms with E-state index in [2.05, 4.69) is 5.32 Å². The van der Waals surface area contributed by atoms with Gasteiger partial charge in [-0.05, 0) is 18.2 Å². The Morgan fingerprint density at radius 1 is 0.941 bits per heavy atom. The molecule has 9 nitrogen and oxygen atoms in total. The monoisotopic (exact) mass is 471 g/mol. The van der Waals surface area contributed by atoms with Gasteiger partial charge in [-0.3, -0.25) is 9.59 Å². The van der Waals surface area contributed by atoms with E-state index in [-0.39, 0.29) is 22.9 Å². The fraction of sp³-hybridized carbons (Fsp3) is 0.400. The number of ketones is 1. The lowest BCUT2D eigenvalue weighted by atomic mass is 9.95. The Morgan fingerprint density at radius 3 is 2.24 bits per heavy atom. The van der Waals surface area contributed by atoms with Crippen LogP contribution in [-0.2, 0) is 9.53 Å². The predicted octanol–water partition coefficient (Wildman–Crippen LogP) is 3.89. The highest BCUT2D eigenvalue weighted by Crippen LogP contribution is 2.35. The van der Waals surface area contributed by atoms with Crippen LogP contribution in [0.25, 0.3) is 0 Å². The Hall–Kier alpha value is -3.75. The third-order valence-electron chi connectivity index (χ3n) is 5.08. The first-order valence-electron chi connectivity index (χ1n) is 10.8. The second kappa shape index (κ2) is 10.5. The molecule has 1 amide bonds. The molecular weight excluding hydrogens is 442 g/mol. The molecule has 0 radical (unpaired) electrons. The van der Waals surface area contributed by atoms with Gasteiger partial charge in [0.15, 0.2) is 35.4 Å². The van der Waals surface area contributed by atoms with Crippen LogP contribution in [0, 0.1) is 5.41 Å². The lowest BCUT2D eigenvalue weighted by Crippen LogP contribution is -2.28. The zero-order valence-corrected chi connectivity index (χ0v) is 20.0. The van der Waals surface area contributed by atoms with E-state index < -0.39 is 23.8 Å². The SMILES string of the molecule is COc1cc(NC(=O)C(C)(C)C)c(C(=O)OCC(=O)c2ccc3c(c2)OCCCO3)cc1OC. The number of rotatable bonds is 7. The van der Waals surface area contributed by atoms with Crippen LogP contribution in [0.4, 0.5) is 5.69 Å². The zero-order valence-electron chi connectivity index (χ0n) is 20.0. The maximum absolute atomic E-state index is 12.9. The van der Waals surface area contributed by atoms with Crippen LogP contribution in [0.3, 0.4) is 0 Å². The summed E-state index contributed by atoms with van der Waals surface area (Å²) in [5.41, 5.74) is -0.167. The van der Waals surface area contributed by atoms with E-state index in [0.29, 0.717) is 36.0 Å². The Balaban J connectivity index is 1.80. The molecule has 0 unspecified atom stereocenters. The number of carbonyl (C=O) groups excluding carboxylic acids is 3. The van der Waals surface area contributed by atoms with Crippen LogP contribution in [0.2, 0.25) is 0 Å². The Bertz CT molecular complexity index is 1090. The summed E-state index contributed by atoms with van der Waals surface area (Å²) in [6, 6.07) is 7.70. The van der Waals surface area contributed by atoms with Crippen molar-refractivity contribution in [3.8, 4) is 23.0 Å². The number of Topliss-reactive ketones (excluding diaryl/α,β-unsaturated/α-hetero) is 1. The summed E-state index contributed by atoms with van der Waals surface area (Å²) >= 11 is 0. The average molecular weight is 472 g/mol. The number of esters is 1. The summed E-state index contributed by atoms with van der Waals surface area (Å²) in [4.78, 5) is 38.1. The third kappa shape index (κ3) is 5.78. The Morgan fingerprint density at radius 2 is 1.59 bits per heavy atom. The van der Waals surface area contributed by atoms with Gasteiger partial charge in [0.1, 0.15) is 0 Å². The Kier molecular flexibility index (Phi) is 7.65. The van der Waals surface area contributed by atoms with Gasteiger partial charge in [0.05, 0.1) is 38.7 Å². The van der Waals surface area contributed by atoms with Crippen LogP contribution in [-0.4, -0.2) is 51.7 Å². The number of fused-ring (bicyclic) bond motifs is 1. The van der Waals surface area contributed by atoms with Gasteiger partial charge in [-0.15, -0.1) is 0 Å². The molecule has 2 aromatic rings. The van der Waals surface area contributed by atoms with Crippen LogP contribution < -0.4 is 24.3 Å². The van der Waals surface area contributed by atoms with Crippen molar-refractivity contribution in [2.24, 2.45) is 5.41 Å². The molecule has 2 aromatic carbocycles. The minimum absolute atomic E-state index is 0.0294. The van der Waals surface area contributed by atoms with Gasteiger partial charge in [0.2, 0.25) is 5.91 Å². The van der Waals surface area contributed by atoms with Crippen LogP contribution in [0.15, 0.2) is 30.3 Å². The van der Waals surface area contributed by atoms with E-state index in [1.807, 2.05) is 0 Å². The summed E-state index contributed by atoms with van der Waals surface area (Å²) < 4.78 is 27.0. The lowest BCUT2D eigenvalue weighted by molar-refractivity contribution is -0.123. The van der Waals surface area contributed by atoms with Gasteiger partial charge in [0.25, 0.3) is 0 Å². The first kappa shape index (κ1) is 24.9. The molecule has 1 aliphatic heterocycles. The Labute approximate surface area is 198 Å². The topological polar surface area (TPSA) is 109 Å². The standard InChI is InChI=1S/C25H29NO8/c1-25(2,3)24(29)26-17-13-21(31-5)20(30-4)12-16(17)23(28)34-14-18(27)15-7-8-19-22(11-15)33-10-6-9-32-19/h7-8,11-13H,6,9-10,14H2,1-5H3,(H,26,29). The highest BCUT2D eigenvalue weighted by molar-refractivity contribution is 6.05. The van der Waals surface area contributed by atoms with E-state index in [9.17, 15) is 14.4 Å². The molecule has 0 bridgehead atoms. The summed E-state index contributed by atoms with van der Waals surface area (Å²) in [7, 11) is 2.87. The molecule has 9 heteroatoms. The molecule has 0 atom stereocenters. The van der Waals surface area contributed by atoms with Crippen molar-refractivity contribution in [2.45, 2.75) is 27.2 Å². The number of amides is 1. The van der Waals surface area contributed by atoms with Crippen LogP contribution >= 0.6 is 0 Å². The molecule has 182 valence electrons. The maximum atomic E-state index is 12.9. The summed E-state index contributed by atoms with van der Waals surface area (Å²) in [6.45, 7) is 5.76. The van der Waals surface area contributed by atoms with E-state index in [0.717, 1.165) is 6.42 Å². The van der Waals surface area contributed by atoms with Gasteiger partial charge in [-0.25, -0.2) is 4.79 Å². The first-order chi connectivity index (χ1) is 16.1. The molecule has 3 rings (SSSR count). The van der Waals surface area contributed by atoms with E-state index in [1.165, 1.54) is 26.4 Å². The van der Waals surface area contributed by atoms with Gasteiger partial charge in [0, 0.05) is 29.5 Å². The molecule has 0 aromatic heterocycles. The fourth-order valence-corrected chi connectivity index (χ4v) is 3.09. The molecule has 0 saturated heterocycles. The van der Waals surface area contributed by atoms with Gasteiger partial charge >= 0.3 is 5.97 Å². The second-order valence-electron chi connectivity index (χ2n) is 8.67. The van der Waals surface area contributed by atoms with Gasteiger partial charge in [-0.1, -0.05) is 20.8 Å². The minimum Gasteiger partial charge on any atom is -0.493 e. The van der Waals surface area contributed by atoms with Crippen molar-refractivity contribution in [3.63, 3.8) is 0 Å². The molecule has 1 N–H and O–H groups in total. The highest BCUT2D eigenvalue weighted by atomic mass is 16.5. The lowest BCUT2D eigenvalue weighted by Gasteiger charge is -2.20. The largest absolute Gasteiger partial charge is 0.493 e. The molecule has 0 spiro atoms. The van der Waals surface area contributed by atoms with Gasteiger partial charge in [-0.2, -0.15) is 0 Å². The predicted molar refractivity (Wildman–Crippen MR) is 124 cm³/mol. The molecule has 1 heterocycles. The quantitative estimate of drug-likeness (QED) is 0.479. The van der Waals surface area contributed by atoms with Gasteiger partial charge < -0.3 is 29.0 Å². The van der Waals surface area contributed by atoms with Crippen molar-refractivity contribution in [1.29, 1.82) is 0 Å². The number of methoxy groups -OCH3 is 2. The molecule has 0 saturated carbocycles. The molecular formula is C25H29NO8. The van der Waals surface area contributed by atoms with Crippen molar-refractivity contribution in [2.75, 3.05) is 39.4 Å². The zero-order chi connectivity index (χ0) is 24.9. The summed E-state index contributed by atoms with van der Waals surface area (Å²) in [5.74, 6) is 0.121. The molecule has 1 aliphatic rings.